The number of carbonyl (C=O) groups is 1. The van der Waals surface area contributed by atoms with Crippen molar-refractivity contribution in [2.75, 3.05) is 33.5 Å². The maximum absolute atomic E-state index is 13.2. The van der Waals surface area contributed by atoms with Crippen LogP contribution in [0, 0.1) is 0 Å². The molecular weight excluding hydrogens is 1050 g/mol. The third-order valence-corrected chi connectivity index (χ3v) is 13.5. The molecule has 0 radical (unpaired) electrons. The minimum Gasteiger partial charge on any atom is -0.571 e. The van der Waals surface area contributed by atoms with Gasteiger partial charge in [-0.05, 0) is 42.0 Å². The number of methoxy groups -OCH3 is 1. The Hall–Kier alpha value is -5.75. The molecule has 4 fully saturated rings. The summed E-state index contributed by atoms with van der Waals surface area (Å²) in [5.74, 6) is -3.30. The molecule has 29 heteroatoms. The fourth-order valence-corrected chi connectivity index (χ4v) is 9.01. The minimum absolute atomic E-state index is 0.00953. The van der Waals surface area contributed by atoms with E-state index in [1.807, 2.05) is 0 Å². The molecule has 5 aliphatic rings. The highest BCUT2D eigenvalue weighted by Crippen LogP contribution is 2.48. The molecule has 21 unspecified atom stereocenters. The van der Waals surface area contributed by atoms with Crippen LogP contribution in [0.15, 0.2) is 60.4 Å². The minimum atomic E-state index is -2.13. The molecule has 3 aromatic rings. The Kier molecular flexibility index (Phi) is 18.5. The SMILES string of the molecule is COc1cc(C=CC(=O)OCC2OC(OC3=Cc4c(OC5OC(CO)C(O)C(O)C5O)cc(O)cc4[OH+]C3c3ccc(O)c(O)c3)C(OC3OC(CO)C(O)C(O)C3O)C(O)C2O)ccc1OC1OC(CO)C(O)C(O)C1O. The van der Waals surface area contributed by atoms with Crippen LogP contribution in [0.1, 0.15) is 22.8 Å². The molecule has 4 saturated heterocycles. The second-order valence-electron chi connectivity index (χ2n) is 18.6. The normalized spacial score (nSPS) is 36.9. The molecule has 0 saturated carbocycles. The van der Waals surface area contributed by atoms with Crippen molar-refractivity contribution in [3.63, 3.8) is 0 Å². The largest absolute Gasteiger partial charge is 0.571 e. The van der Waals surface area contributed by atoms with E-state index < -0.39 is 179 Å². The van der Waals surface area contributed by atoms with Gasteiger partial charge in [0.1, 0.15) is 115 Å². The van der Waals surface area contributed by atoms with Crippen molar-refractivity contribution in [2.45, 2.75) is 129 Å². The van der Waals surface area contributed by atoms with Crippen LogP contribution in [0.25, 0.3) is 12.2 Å². The Morgan fingerprint density at radius 3 is 1.69 bits per heavy atom. The molecule has 3 aromatic carbocycles. The summed E-state index contributed by atoms with van der Waals surface area (Å²) in [5.41, 5.74) is 0.362. The fourth-order valence-electron chi connectivity index (χ4n) is 9.01. The number of carbonyl (C=O) groups excluding carboxylic acids is 1. The van der Waals surface area contributed by atoms with Gasteiger partial charge < -0.3 is 139 Å². The number of phenolic OH excluding ortho intramolecular Hbond substituents is 3. The summed E-state index contributed by atoms with van der Waals surface area (Å²) >= 11 is 0. The van der Waals surface area contributed by atoms with Crippen LogP contribution in [0.5, 0.6) is 40.2 Å². The fraction of sp³-hybridized carbons (Fsp3) is 0.531. The van der Waals surface area contributed by atoms with Crippen LogP contribution in [0.4, 0.5) is 0 Å². The first-order chi connectivity index (χ1) is 37.2. The number of rotatable bonds is 17. The Balaban J connectivity index is 1.07. The number of aliphatic hydroxyl groups is 15. The first kappa shape index (κ1) is 58.4. The van der Waals surface area contributed by atoms with Gasteiger partial charge in [-0.15, -0.1) is 0 Å². The van der Waals surface area contributed by atoms with Crippen molar-refractivity contribution < 1.29 is 144 Å². The summed E-state index contributed by atoms with van der Waals surface area (Å²) in [7, 11) is 1.28. The van der Waals surface area contributed by atoms with Crippen molar-refractivity contribution in [3.8, 4) is 40.2 Å². The lowest BCUT2D eigenvalue weighted by atomic mass is 9.97. The average molecular weight is 1110 g/mol. The van der Waals surface area contributed by atoms with E-state index in [1.54, 1.807) is 0 Å². The van der Waals surface area contributed by atoms with Crippen molar-refractivity contribution in [1.29, 1.82) is 0 Å². The van der Waals surface area contributed by atoms with Gasteiger partial charge >= 0.3 is 5.97 Å². The molecule has 0 amide bonds. The number of hydrogen-bond donors (Lipinski definition) is 17. The van der Waals surface area contributed by atoms with Crippen molar-refractivity contribution in [1.82, 2.24) is 0 Å². The maximum atomic E-state index is 13.2. The van der Waals surface area contributed by atoms with Gasteiger partial charge in [-0.3, -0.25) is 0 Å². The highest BCUT2D eigenvalue weighted by molar-refractivity contribution is 5.87. The van der Waals surface area contributed by atoms with Crippen molar-refractivity contribution in [2.24, 2.45) is 0 Å². The molecule has 0 aromatic heterocycles. The van der Waals surface area contributed by atoms with Gasteiger partial charge in [-0.1, -0.05) is 6.07 Å². The van der Waals surface area contributed by atoms with E-state index in [1.165, 1.54) is 49.6 Å². The zero-order chi connectivity index (χ0) is 56.4. The molecular formula is C49H61O29+. The van der Waals surface area contributed by atoms with Crippen LogP contribution in [0.2, 0.25) is 0 Å². The predicted molar refractivity (Wildman–Crippen MR) is 252 cm³/mol. The molecule has 0 spiro atoms. The zero-order valence-corrected chi connectivity index (χ0v) is 40.8. The molecule has 29 nitrogen and oxygen atoms in total. The molecule has 5 aliphatic heterocycles. The lowest BCUT2D eigenvalue weighted by Crippen LogP contribution is -2.64. The molecule has 8 rings (SSSR count). The van der Waals surface area contributed by atoms with E-state index in [2.05, 4.69) is 4.74 Å². The van der Waals surface area contributed by atoms with Crippen LogP contribution in [0.3, 0.4) is 0 Å². The molecule has 430 valence electrons. The Morgan fingerprint density at radius 1 is 0.564 bits per heavy atom. The number of fused-ring (bicyclic) bond motifs is 1. The second-order valence-corrected chi connectivity index (χ2v) is 18.6. The van der Waals surface area contributed by atoms with E-state index in [9.17, 15) is 91.6 Å². The number of hydrogen-bond acceptors (Lipinski definition) is 28. The number of phenols is 3. The van der Waals surface area contributed by atoms with E-state index in [-0.39, 0.29) is 39.9 Å². The van der Waals surface area contributed by atoms with Gasteiger partial charge in [0.05, 0.1) is 38.6 Å². The van der Waals surface area contributed by atoms with E-state index in [4.69, 9.17) is 47.4 Å². The molecule has 0 aliphatic carbocycles. The first-order valence-corrected chi connectivity index (χ1v) is 24.1. The standard InChI is InChI=1S/C49H60O29/c1-68-26-8-17(2-6-23(26)71-46-41(65)37(61)33(57)28(13-50)74-46)3-7-32(56)69-16-31-36(60)40(64)45(78-48-43(67)39(63)35(59)30(15-52)76-48)49(77-31)73-27-12-20-24(70-44(27)18-4-5-21(54)22(55)9-18)10-19(53)11-25(20)72-47-42(66)38(62)34(58)29(14-51)75-47/h2-12,28-31,33-55,57-67H,13-16H2,1H3/p+1. The third kappa shape index (κ3) is 12.2. The first-order valence-electron chi connectivity index (χ1n) is 24.1. The average Bonchev–Trinajstić information content (AvgIpc) is 3.54. The topological polar surface area (TPSA) is 466 Å². The number of esters is 1. The van der Waals surface area contributed by atoms with Crippen LogP contribution < -0.4 is 14.2 Å². The molecule has 0 bridgehead atoms. The van der Waals surface area contributed by atoms with E-state index >= 15 is 0 Å². The zero-order valence-electron chi connectivity index (χ0n) is 40.8. The molecule has 78 heavy (non-hydrogen) atoms. The predicted octanol–water partition coefficient (Wildman–Crippen LogP) is -5.59. The van der Waals surface area contributed by atoms with E-state index in [0.29, 0.717) is 5.56 Å². The van der Waals surface area contributed by atoms with Gasteiger partial charge in [0.25, 0.3) is 11.9 Å². The summed E-state index contributed by atoms with van der Waals surface area (Å²) in [6.45, 7) is -3.23. The second kappa shape index (κ2) is 24.7. The number of aromatic hydroxyl groups is 4. The quantitative estimate of drug-likeness (QED) is 0.0259. The summed E-state index contributed by atoms with van der Waals surface area (Å²) in [5, 5.41) is 179. The van der Waals surface area contributed by atoms with Crippen molar-refractivity contribution >= 4 is 18.1 Å². The van der Waals surface area contributed by atoms with Gasteiger partial charge in [0, 0.05) is 18.2 Å². The van der Waals surface area contributed by atoms with Crippen LogP contribution in [-0.4, -0.2) is 254 Å². The monoisotopic (exact) mass is 1110 g/mol. The number of aliphatic hydroxyl groups excluding tert-OH is 14. The van der Waals surface area contributed by atoms with Gasteiger partial charge in [-0.25, -0.2) is 4.79 Å². The lowest BCUT2D eigenvalue weighted by molar-refractivity contribution is -0.364. The molecule has 5 heterocycles. The summed E-state index contributed by atoms with van der Waals surface area (Å²) in [6.07, 6.45) is -33.8. The van der Waals surface area contributed by atoms with Crippen LogP contribution >= 0.6 is 0 Å². The highest BCUT2D eigenvalue weighted by Gasteiger charge is 2.53. The number of ether oxygens (including phenoxy) is 11. The molecule has 18 N–H and O–H groups in total. The molecule has 21 atom stereocenters. The lowest BCUT2D eigenvalue weighted by Gasteiger charge is -2.46. The summed E-state index contributed by atoms with van der Waals surface area (Å²) < 4.78 is 62.0. The number of benzene rings is 3. The maximum Gasteiger partial charge on any atom is 0.330 e. The Morgan fingerprint density at radius 2 is 1.12 bits per heavy atom. The third-order valence-electron chi connectivity index (χ3n) is 13.5. The van der Waals surface area contributed by atoms with Crippen molar-refractivity contribution in [3.05, 3.63) is 77.1 Å². The van der Waals surface area contributed by atoms with Gasteiger partial charge in [0.2, 0.25) is 18.9 Å². The van der Waals surface area contributed by atoms with Gasteiger partial charge in [-0.2, -0.15) is 0 Å². The van der Waals surface area contributed by atoms with Crippen LogP contribution in [-0.2, 0) is 38.0 Å². The Labute approximate surface area is 440 Å². The summed E-state index contributed by atoms with van der Waals surface area (Å²) in [6, 6.07) is 9.95. The smallest absolute Gasteiger partial charge is 0.330 e. The van der Waals surface area contributed by atoms with Gasteiger partial charge in [0.15, 0.2) is 41.2 Å². The van der Waals surface area contributed by atoms with E-state index in [0.717, 1.165) is 24.3 Å². The summed E-state index contributed by atoms with van der Waals surface area (Å²) in [4.78, 5) is 13.2. The highest BCUT2D eigenvalue weighted by atomic mass is 16.8. The Bertz CT molecular complexity index is 2590.